The topological polar surface area (TPSA) is 20.3 Å². The number of fused-ring (bicyclic) bond motifs is 2. The first kappa shape index (κ1) is 15.7. The van der Waals surface area contributed by atoms with Gasteiger partial charge in [0, 0.05) is 23.1 Å². The lowest BCUT2D eigenvalue weighted by atomic mass is 9.98. The predicted octanol–water partition coefficient (Wildman–Crippen LogP) is 4.78. The number of benzene rings is 2. The van der Waals surface area contributed by atoms with E-state index in [1.165, 1.54) is 22.3 Å². The molecular weight excluding hydrogens is 341 g/mol. The maximum Gasteiger partial charge on any atom is 0.227 e. The second-order valence-corrected chi connectivity index (χ2v) is 7.30. The van der Waals surface area contributed by atoms with Crippen LogP contribution in [0.4, 0.5) is 0 Å². The third kappa shape index (κ3) is 2.97. The molecule has 0 spiro atoms. The molecule has 0 bridgehead atoms. The molecule has 1 aliphatic heterocycles. The highest BCUT2D eigenvalue weighted by molar-refractivity contribution is 6.31. The van der Waals surface area contributed by atoms with E-state index in [0.717, 1.165) is 36.5 Å². The van der Waals surface area contributed by atoms with Gasteiger partial charge in [0.2, 0.25) is 5.91 Å². The van der Waals surface area contributed by atoms with E-state index < -0.39 is 0 Å². The number of nitrogens with zero attached hydrogens (tertiary/aromatic N) is 1. The van der Waals surface area contributed by atoms with Crippen LogP contribution < -0.4 is 0 Å². The molecule has 4 rings (SSSR count). The van der Waals surface area contributed by atoms with Crippen molar-refractivity contribution in [2.75, 3.05) is 13.1 Å². The molecule has 1 aliphatic carbocycles. The number of hydrogen-bond donors (Lipinski definition) is 0. The van der Waals surface area contributed by atoms with Crippen LogP contribution in [0.25, 0.3) is 5.57 Å². The van der Waals surface area contributed by atoms with Crippen LogP contribution in [0.2, 0.25) is 10.0 Å². The zero-order valence-electron chi connectivity index (χ0n) is 13.2. The van der Waals surface area contributed by atoms with Crippen LogP contribution >= 0.6 is 23.2 Å². The number of amides is 1. The summed E-state index contributed by atoms with van der Waals surface area (Å²) in [7, 11) is 0. The van der Waals surface area contributed by atoms with Crippen LogP contribution in [-0.4, -0.2) is 23.9 Å². The van der Waals surface area contributed by atoms with E-state index in [9.17, 15) is 4.79 Å². The summed E-state index contributed by atoms with van der Waals surface area (Å²) >= 11 is 12.0. The van der Waals surface area contributed by atoms with Crippen LogP contribution in [0.5, 0.6) is 0 Å². The highest BCUT2D eigenvalue weighted by atomic mass is 35.5. The smallest absolute Gasteiger partial charge is 0.227 e. The van der Waals surface area contributed by atoms with Gasteiger partial charge in [-0.25, -0.2) is 0 Å². The average molecular weight is 358 g/mol. The fraction of sp³-hybridized carbons (Fsp3) is 0.250. The summed E-state index contributed by atoms with van der Waals surface area (Å²) in [6, 6.07) is 13.6. The average Bonchev–Trinajstić information content (AvgIpc) is 2.94. The normalized spacial score (nSPS) is 16.2. The van der Waals surface area contributed by atoms with E-state index in [1.54, 1.807) is 0 Å². The number of hydrogen-bond acceptors (Lipinski definition) is 1. The van der Waals surface area contributed by atoms with Crippen LogP contribution in [-0.2, 0) is 17.6 Å². The summed E-state index contributed by atoms with van der Waals surface area (Å²) in [6.07, 6.45) is 2.28. The van der Waals surface area contributed by atoms with Gasteiger partial charge in [-0.1, -0.05) is 41.4 Å². The first-order valence-corrected chi connectivity index (χ1v) is 8.87. The van der Waals surface area contributed by atoms with E-state index in [2.05, 4.69) is 12.1 Å². The standard InChI is InChI=1S/C20H17Cl2NO/c21-16-4-1-13(2-5-16)9-20(24)23-8-7-18-15(12-23)10-14-3-6-17(22)11-19(14)18/h1-6,11H,7-10,12H2. The van der Waals surface area contributed by atoms with Crippen molar-refractivity contribution in [3.63, 3.8) is 0 Å². The maximum atomic E-state index is 12.6. The Hall–Kier alpha value is -1.77. The van der Waals surface area contributed by atoms with Gasteiger partial charge in [-0.05, 0) is 64.9 Å². The van der Waals surface area contributed by atoms with Crippen molar-refractivity contribution >= 4 is 34.7 Å². The molecule has 1 heterocycles. The van der Waals surface area contributed by atoms with Crippen LogP contribution in [0.1, 0.15) is 23.1 Å². The third-order valence-corrected chi connectivity index (χ3v) is 5.35. The molecule has 24 heavy (non-hydrogen) atoms. The molecule has 1 amide bonds. The molecule has 0 aromatic heterocycles. The molecule has 122 valence electrons. The molecule has 2 nitrogen and oxygen atoms in total. The Morgan fingerprint density at radius 2 is 1.79 bits per heavy atom. The minimum atomic E-state index is 0.179. The second kappa shape index (κ2) is 6.27. The molecule has 0 fully saturated rings. The molecule has 0 N–H and O–H groups in total. The summed E-state index contributed by atoms with van der Waals surface area (Å²) in [4.78, 5) is 14.6. The van der Waals surface area contributed by atoms with Gasteiger partial charge < -0.3 is 4.90 Å². The second-order valence-electron chi connectivity index (χ2n) is 6.43. The van der Waals surface area contributed by atoms with Crippen molar-refractivity contribution in [3.8, 4) is 0 Å². The first-order chi connectivity index (χ1) is 11.6. The quantitative estimate of drug-likeness (QED) is 0.757. The molecule has 2 aromatic rings. The molecular formula is C20H17Cl2NO. The molecule has 0 atom stereocenters. The van der Waals surface area contributed by atoms with Gasteiger partial charge in [0.1, 0.15) is 0 Å². The lowest BCUT2D eigenvalue weighted by Crippen LogP contribution is -2.37. The predicted molar refractivity (Wildman–Crippen MR) is 98.4 cm³/mol. The van der Waals surface area contributed by atoms with Crippen LogP contribution in [0.15, 0.2) is 48.0 Å². The van der Waals surface area contributed by atoms with Crippen molar-refractivity contribution in [2.45, 2.75) is 19.3 Å². The Kier molecular flexibility index (Phi) is 4.11. The van der Waals surface area contributed by atoms with Crippen molar-refractivity contribution in [3.05, 3.63) is 74.8 Å². The van der Waals surface area contributed by atoms with E-state index >= 15 is 0 Å². The maximum absolute atomic E-state index is 12.6. The fourth-order valence-corrected chi connectivity index (χ4v) is 3.93. The molecule has 2 aromatic carbocycles. The summed E-state index contributed by atoms with van der Waals surface area (Å²) in [5.74, 6) is 0.179. The monoisotopic (exact) mass is 357 g/mol. The number of carbonyl (C=O) groups excluding carboxylic acids is 1. The molecule has 2 aliphatic rings. The van der Waals surface area contributed by atoms with E-state index in [1.807, 2.05) is 35.2 Å². The van der Waals surface area contributed by atoms with Gasteiger partial charge in [-0.2, -0.15) is 0 Å². The van der Waals surface area contributed by atoms with E-state index in [4.69, 9.17) is 23.2 Å². The lowest BCUT2D eigenvalue weighted by molar-refractivity contribution is -0.130. The van der Waals surface area contributed by atoms with Gasteiger partial charge in [-0.15, -0.1) is 0 Å². The van der Waals surface area contributed by atoms with Crippen molar-refractivity contribution < 1.29 is 4.79 Å². The summed E-state index contributed by atoms with van der Waals surface area (Å²) in [5.41, 5.74) is 6.37. The minimum absolute atomic E-state index is 0.179. The highest BCUT2D eigenvalue weighted by Gasteiger charge is 2.29. The van der Waals surface area contributed by atoms with Crippen molar-refractivity contribution in [1.29, 1.82) is 0 Å². The molecule has 0 saturated heterocycles. The van der Waals surface area contributed by atoms with Gasteiger partial charge in [0.15, 0.2) is 0 Å². The largest absolute Gasteiger partial charge is 0.338 e. The first-order valence-electron chi connectivity index (χ1n) is 8.12. The van der Waals surface area contributed by atoms with Gasteiger partial charge >= 0.3 is 0 Å². The highest BCUT2D eigenvalue weighted by Crippen LogP contribution is 2.39. The minimum Gasteiger partial charge on any atom is -0.338 e. The number of carbonyl (C=O) groups is 1. The third-order valence-electron chi connectivity index (χ3n) is 4.86. The Balaban J connectivity index is 1.48. The molecule has 4 heteroatoms. The van der Waals surface area contributed by atoms with Crippen LogP contribution in [0.3, 0.4) is 0 Å². The SMILES string of the molecule is O=C(Cc1ccc(Cl)cc1)N1CCC2=C(Cc3ccc(Cl)cc32)C1. The van der Waals surface area contributed by atoms with Gasteiger partial charge in [0.05, 0.1) is 6.42 Å². The summed E-state index contributed by atoms with van der Waals surface area (Å²) in [6.45, 7) is 1.51. The Bertz CT molecular complexity index is 839. The van der Waals surface area contributed by atoms with E-state index in [-0.39, 0.29) is 5.91 Å². The molecule has 0 unspecified atom stereocenters. The number of rotatable bonds is 2. The Labute approximate surface area is 151 Å². The van der Waals surface area contributed by atoms with Crippen molar-refractivity contribution in [1.82, 2.24) is 4.90 Å². The number of halogens is 2. The Morgan fingerprint density at radius 3 is 2.58 bits per heavy atom. The lowest BCUT2D eigenvalue weighted by Gasteiger charge is -2.29. The van der Waals surface area contributed by atoms with Crippen molar-refractivity contribution in [2.24, 2.45) is 0 Å². The zero-order chi connectivity index (χ0) is 16.7. The van der Waals surface area contributed by atoms with Gasteiger partial charge in [0.25, 0.3) is 0 Å². The van der Waals surface area contributed by atoms with Gasteiger partial charge in [-0.3, -0.25) is 4.79 Å². The van der Waals surface area contributed by atoms with Crippen LogP contribution in [0, 0.1) is 0 Å². The molecule has 0 radical (unpaired) electrons. The van der Waals surface area contributed by atoms with E-state index in [0.29, 0.717) is 11.4 Å². The summed E-state index contributed by atoms with van der Waals surface area (Å²) in [5, 5.41) is 1.48. The summed E-state index contributed by atoms with van der Waals surface area (Å²) < 4.78 is 0. The zero-order valence-corrected chi connectivity index (χ0v) is 14.7. The Morgan fingerprint density at radius 1 is 1.04 bits per heavy atom. The fourth-order valence-electron chi connectivity index (χ4n) is 3.63. The molecule has 0 saturated carbocycles.